The Balaban J connectivity index is 1.18. The van der Waals surface area contributed by atoms with Crippen LogP contribution in [0.1, 0.15) is 23.2 Å². The van der Waals surface area contributed by atoms with Gasteiger partial charge in [0.1, 0.15) is 5.75 Å². The SMILES string of the molecule is COc1ccc(-c2cnc(Nc3cccc(C(=O)N4CCN(C5CCN(C)CC5)CC4)c3)nc2)cc1. The minimum absolute atomic E-state index is 0.0810. The van der Waals surface area contributed by atoms with E-state index in [0.717, 1.165) is 61.8 Å². The third kappa shape index (κ3) is 5.66. The second kappa shape index (κ2) is 11.1. The predicted molar refractivity (Wildman–Crippen MR) is 142 cm³/mol. The number of ether oxygens (including phenoxy) is 1. The van der Waals surface area contributed by atoms with Crippen LogP contribution in [0.3, 0.4) is 0 Å². The monoisotopic (exact) mass is 486 g/mol. The maximum absolute atomic E-state index is 13.2. The van der Waals surface area contributed by atoms with Gasteiger partial charge in [-0.1, -0.05) is 18.2 Å². The number of carbonyl (C=O) groups is 1. The quantitative estimate of drug-likeness (QED) is 0.569. The Morgan fingerprint density at radius 3 is 2.28 bits per heavy atom. The fourth-order valence-electron chi connectivity index (χ4n) is 5.02. The van der Waals surface area contributed by atoms with Crippen molar-refractivity contribution in [1.29, 1.82) is 0 Å². The van der Waals surface area contributed by atoms with Crippen molar-refractivity contribution < 1.29 is 9.53 Å². The van der Waals surface area contributed by atoms with Gasteiger partial charge in [0.15, 0.2) is 0 Å². The van der Waals surface area contributed by atoms with Crippen LogP contribution in [0.15, 0.2) is 60.9 Å². The van der Waals surface area contributed by atoms with E-state index in [-0.39, 0.29) is 5.91 Å². The van der Waals surface area contributed by atoms with Gasteiger partial charge in [-0.3, -0.25) is 9.69 Å². The third-order valence-corrected chi connectivity index (χ3v) is 7.25. The Bertz CT molecular complexity index is 1150. The molecule has 1 aromatic heterocycles. The van der Waals surface area contributed by atoms with Crippen molar-refractivity contribution in [3.8, 4) is 16.9 Å². The Morgan fingerprint density at radius 2 is 1.61 bits per heavy atom. The molecule has 0 bridgehead atoms. The number of amides is 1. The Hall–Kier alpha value is -3.49. The van der Waals surface area contributed by atoms with Crippen molar-refractivity contribution in [3.05, 3.63) is 66.5 Å². The topological polar surface area (TPSA) is 73.8 Å². The number of hydrogen-bond acceptors (Lipinski definition) is 7. The van der Waals surface area contributed by atoms with E-state index in [1.54, 1.807) is 19.5 Å². The highest BCUT2D eigenvalue weighted by molar-refractivity contribution is 5.95. The van der Waals surface area contributed by atoms with E-state index in [1.807, 2.05) is 53.4 Å². The molecule has 1 N–H and O–H groups in total. The number of rotatable bonds is 6. The fourth-order valence-corrected chi connectivity index (χ4v) is 5.02. The van der Waals surface area contributed by atoms with Gasteiger partial charge >= 0.3 is 0 Å². The van der Waals surface area contributed by atoms with Crippen LogP contribution in [0.2, 0.25) is 0 Å². The second-order valence-electron chi connectivity index (χ2n) is 9.59. The van der Waals surface area contributed by atoms with Crippen LogP contribution in [0.25, 0.3) is 11.1 Å². The predicted octanol–water partition coefficient (Wildman–Crippen LogP) is 3.75. The molecule has 0 spiro atoms. The number of piperazine rings is 1. The van der Waals surface area contributed by atoms with Crippen LogP contribution in [0, 0.1) is 0 Å². The molecule has 2 fully saturated rings. The Morgan fingerprint density at radius 1 is 0.917 bits per heavy atom. The Kier molecular flexibility index (Phi) is 7.44. The molecule has 3 aromatic rings. The molecule has 2 aromatic carbocycles. The largest absolute Gasteiger partial charge is 0.497 e. The van der Waals surface area contributed by atoms with Gasteiger partial charge in [-0.25, -0.2) is 9.97 Å². The molecule has 0 aliphatic carbocycles. The van der Waals surface area contributed by atoms with Crippen LogP contribution in [0.5, 0.6) is 5.75 Å². The minimum Gasteiger partial charge on any atom is -0.497 e. The van der Waals surface area contributed by atoms with Gasteiger partial charge in [0.25, 0.3) is 5.91 Å². The van der Waals surface area contributed by atoms with Crippen molar-refractivity contribution in [2.24, 2.45) is 0 Å². The Labute approximate surface area is 212 Å². The summed E-state index contributed by atoms with van der Waals surface area (Å²) in [5.74, 6) is 1.38. The molecule has 0 unspecified atom stereocenters. The van der Waals surface area contributed by atoms with Crippen molar-refractivity contribution in [2.45, 2.75) is 18.9 Å². The molecule has 8 nitrogen and oxygen atoms in total. The van der Waals surface area contributed by atoms with E-state index in [2.05, 4.69) is 32.1 Å². The highest BCUT2D eigenvalue weighted by atomic mass is 16.5. The van der Waals surface area contributed by atoms with Gasteiger partial charge in [0, 0.05) is 61.4 Å². The third-order valence-electron chi connectivity index (χ3n) is 7.25. The number of nitrogens with one attached hydrogen (secondary N) is 1. The summed E-state index contributed by atoms with van der Waals surface area (Å²) in [5.41, 5.74) is 3.42. The number of benzene rings is 2. The maximum Gasteiger partial charge on any atom is 0.254 e. The van der Waals surface area contributed by atoms with Crippen LogP contribution in [-0.4, -0.2) is 90.0 Å². The number of carbonyl (C=O) groups excluding carboxylic acids is 1. The lowest BCUT2D eigenvalue weighted by Gasteiger charge is -2.42. The fraction of sp³-hybridized carbons (Fsp3) is 0.393. The summed E-state index contributed by atoms with van der Waals surface area (Å²) in [6, 6.07) is 16.0. The first-order valence-corrected chi connectivity index (χ1v) is 12.6. The van der Waals surface area contributed by atoms with E-state index in [9.17, 15) is 4.79 Å². The van der Waals surface area contributed by atoms with Crippen molar-refractivity contribution in [3.63, 3.8) is 0 Å². The minimum atomic E-state index is 0.0810. The molecule has 0 saturated carbocycles. The van der Waals surface area contributed by atoms with E-state index in [4.69, 9.17) is 4.74 Å². The molecule has 0 atom stereocenters. The zero-order chi connectivity index (χ0) is 24.9. The normalized spacial score (nSPS) is 17.7. The molecule has 5 rings (SSSR count). The lowest BCUT2D eigenvalue weighted by atomic mass is 10.0. The molecule has 0 radical (unpaired) electrons. The van der Waals surface area contributed by atoms with E-state index in [1.165, 1.54) is 12.8 Å². The number of piperidine rings is 1. The molecule has 2 aliphatic rings. The van der Waals surface area contributed by atoms with Gasteiger partial charge in [-0.2, -0.15) is 0 Å². The van der Waals surface area contributed by atoms with Gasteiger partial charge in [0.2, 0.25) is 5.95 Å². The first kappa shape index (κ1) is 24.2. The summed E-state index contributed by atoms with van der Waals surface area (Å²) >= 11 is 0. The number of hydrogen-bond donors (Lipinski definition) is 1. The molecule has 2 aliphatic heterocycles. The molecule has 3 heterocycles. The standard InChI is InChI=1S/C28H34N6O2/c1-32-12-10-25(11-13-32)33-14-16-34(17-15-33)27(35)22-4-3-5-24(18-22)31-28-29-19-23(20-30-28)21-6-8-26(36-2)9-7-21/h3-9,18-20,25H,10-17H2,1-2H3,(H,29,30,31). The molecule has 8 heteroatoms. The molecule has 2 saturated heterocycles. The molecule has 1 amide bonds. The second-order valence-corrected chi connectivity index (χ2v) is 9.59. The summed E-state index contributed by atoms with van der Waals surface area (Å²) in [7, 11) is 3.85. The number of methoxy groups -OCH3 is 1. The molecule has 188 valence electrons. The smallest absolute Gasteiger partial charge is 0.254 e. The van der Waals surface area contributed by atoms with E-state index >= 15 is 0 Å². The average molecular weight is 487 g/mol. The number of likely N-dealkylation sites (tertiary alicyclic amines) is 1. The maximum atomic E-state index is 13.2. The van der Waals surface area contributed by atoms with Gasteiger partial charge in [0.05, 0.1) is 7.11 Å². The zero-order valence-corrected chi connectivity index (χ0v) is 21.1. The number of nitrogens with zero attached hydrogens (tertiary/aromatic N) is 5. The van der Waals surface area contributed by atoms with Crippen molar-refractivity contribution in [2.75, 3.05) is 58.7 Å². The van der Waals surface area contributed by atoms with Crippen LogP contribution in [0.4, 0.5) is 11.6 Å². The van der Waals surface area contributed by atoms with E-state index < -0.39 is 0 Å². The van der Waals surface area contributed by atoms with Crippen LogP contribution < -0.4 is 10.1 Å². The van der Waals surface area contributed by atoms with Crippen LogP contribution in [-0.2, 0) is 0 Å². The summed E-state index contributed by atoms with van der Waals surface area (Å²) in [5, 5.41) is 3.23. The summed E-state index contributed by atoms with van der Waals surface area (Å²) in [6.45, 7) is 5.78. The zero-order valence-electron chi connectivity index (χ0n) is 21.1. The highest BCUT2D eigenvalue weighted by Crippen LogP contribution is 2.23. The highest BCUT2D eigenvalue weighted by Gasteiger charge is 2.28. The van der Waals surface area contributed by atoms with Crippen LogP contribution >= 0.6 is 0 Å². The lowest BCUT2D eigenvalue weighted by Crippen LogP contribution is -2.54. The lowest BCUT2D eigenvalue weighted by molar-refractivity contribution is 0.0475. The summed E-state index contributed by atoms with van der Waals surface area (Å²) < 4.78 is 5.22. The molecular formula is C28H34N6O2. The number of aromatic nitrogens is 2. The van der Waals surface area contributed by atoms with Crippen molar-refractivity contribution >= 4 is 17.5 Å². The van der Waals surface area contributed by atoms with Crippen molar-refractivity contribution in [1.82, 2.24) is 24.7 Å². The summed E-state index contributed by atoms with van der Waals surface area (Å²) in [4.78, 5) is 29.1. The van der Waals surface area contributed by atoms with Gasteiger partial charge in [-0.05, 0) is 68.9 Å². The molecular weight excluding hydrogens is 452 g/mol. The van der Waals surface area contributed by atoms with E-state index in [0.29, 0.717) is 17.6 Å². The number of anilines is 2. The van der Waals surface area contributed by atoms with Gasteiger partial charge in [-0.15, -0.1) is 0 Å². The summed E-state index contributed by atoms with van der Waals surface area (Å²) in [6.07, 6.45) is 6.02. The molecule has 36 heavy (non-hydrogen) atoms. The van der Waals surface area contributed by atoms with Gasteiger partial charge < -0.3 is 19.9 Å². The first-order valence-electron chi connectivity index (χ1n) is 12.6. The average Bonchev–Trinajstić information content (AvgIpc) is 2.94. The first-order chi connectivity index (χ1) is 17.6.